The van der Waals surface area contributed by atoms with E-state index in [4.69, 9.17) is 0 Å². The minimum absolute atomic E-state index is 0.988. The van der Waals surface area contributed by atoms with Crippen molar-refractivity contribution in [2.75, 3.05) is 0 Å². The number of hydrogen-bond acceptors (Lipinski definition) is 0. The molecule has 0 saturated heterocycles. The molecule has 0 amide bonds. The second-order valence-electron chi connectivity index (χ2n) is 10.5. The topological polar surface area (TPSA) is 0 Å². The van der Waals surface area contributed by atoms with Crippen LogP contribution in [0.5, 0.6) is 0 Å². The Morgan fingerprint density at radius 2 is 1.05 bits per heavy atom. The summed E-state index contributed by atoms with van der Waals surface area (Å²) in [5.74, 6) is 0. The van der Waals surface area contributed by atoms with E-state index < -0.39 is 0 Å². The SMILES string of the molecule is C=Cc1ccc(-c2cccc(-c3cc4cc(-c5ccccc5)c5ccccc5c4c4ccccc34)c2)cc1CC. The summed E-state index contributed by atoms with van der Waals surface area (Å²) in [6, 6.07) is 48.9. The summed E-state index contributed by atoms with van der Waals surface area (Å²) in [5, 5.41) is 7.74. The Labute approximate surface area is 235 Å². The highest BCUT2D eigenvalue weighted by molar-refractivity contribution is 6.25. The molecule has 0 heteroatoms. The van der Waals surface area contributed by atoms with Gasteiger partial charge in [-0.25, -0.2) is 0 Å². The second-order valence-corrected chi connectivity index (χ2v) is 10.5. The second kappa shape index (κ2) is 9.98. The van der Waals surface area contributed by atoms with Gasteiger partial charge in [0, 0.05) is 0 Å². The molecule has 0 unspecified atom stereocenters. The van der Waals surface area contributed by atoms with E-state index in [-0.39, 0.29) is 0 Å². The van der Waals surface area contributed by atoms with Gasteiger partial charge in [-0.1, -0.05) is 135 Å². The smallest absolute Gasteiger partial charge is 0.00259 e. The van der Waals surface area contributed by atoms with Gasteiger partial charge in [-0.3, -0.25) is 0 Å². The maximum absolute atomic E-state index is 3.99. The van der Waals surface area contributed by atoms with Gasteiger partial charge in [0.2, 0.25) is 0 Å². The molecule has 0 heterocycles. The molecule has 0 N–H and O–H groups in total. The fourth-order valence-corrected chi connectivity index (χ4v) is 6.23. The molecule has 190 valence electrons. The Morgan fingerprint density at radius 1 is 0.500 bits per heavy atom. The Morgan fingerprint density at radius 3 is 1.70 bits per heavy atom. The molecule has 0 spiro atoms. The molecule has 0 aliphatic rings. The largest absolute Gasteiger partial charge is 0.0985 e. The molecular weight excluding hydrogens is 480 g/mol. The Hall–Kier alpha value is -4.94. The van der Waals surface area contributed by atoms with Crippen LogP contribution in [-0.2, 0) is 6.42 Å². The van der Waals surface area contributed by atoms with E-state index in [2.05, 4.69) is 147 Å². The minimum atomic E-state index is 0.988. The van der Waals surface area contributed by atoms with Gasteiger partial charge < -0.3 is 0 Å². The van der Waals surface area contributed by atoms with Gasteiger partial charge >= 0.3 is 0 Å². The first-order valence-electron chi connectivity index (χ1n) is 14.0. The van der Waals surface area contributed by atoms with Crippen molar-refractivity contribution in [2.24, 2.45) is 0 Å². The van der Waals surface area contributed by atoms with Crippen molar-refractivity contribution in [3.05, 3.63) is 151 Å². The number of aryl methyl sites for hydroxylation is 1. The fraction of sp³-hybridized carbons (Fsp3) is 0.0500. The first-order valence-corrected chi connectivity index (χ1v) is 14.0. The standard InChI is InChI=1S/C40H30/c1-3-27-21-22-31(23-28(27)4-2)30-15-12-16-32(24-30)39-26-33-25-38(29-13-6-5-7-14-29)34-17-8-10-19-36(34)40(33)37-20-11-9-18-35(37)39/h3,5-26H,1,4H2,2H3. The highest BCUT2D eigenvalue weighted by atomic mass is 14.2. The average molecular weight is 511 g/mol. The predicted molar refractivity (Wildman–Crippen MR) is 175 cm³/mol. The number of benzene rings is 7. The van der Waals surface area contributed by atoms with E-state index >= 15 is 0 Å². The summed E-state index contributed by atoms with van der Waals surface area (Å²) in [6.07, 6.45) is 2.94. The molecule has 7 rings (SSSR count). The van der Waals surface area contributed by atoms with Crippen LogP contribution in [0.3, 0.4) is 0 Å². The normalized spacial score (nSPS) is 11.3. The zero-order valence-electron chi connectivity index (χ0n) is 22.7. The van der Waals surface area contributed by atoms with Gasteiger partial charge in [-0.2, -0.15) is 0 Å². The summed E-state index contributed by atoms with van der Waals surface area (Å²) < 4.78 is 0. The monoisotopic (exact) mass is 510 g/mol. The third kappa shape index (κ3) is 4.01. The van der Waals surface area contributed by atoms with Gasteiger partial charge in [0.1, 0.15) is 0 Å². The van der Waals surface area contributed by atoms with Gasteiger partial charge in [-0.15, -0.1) is 0 Å². The van der Waals surface area contributed by atoms with Crippen LogP contribution < -0.4 is 0 Å². The van der Waals surface area contributed by atoms with Crippen LogP contribution in [0.1, 0.15) is 18.1 Å². The molecule has 7 aromatic rings. The lowest BCUT2D eigenvalue weighted by Crippen LogP contribution is -1.90. The number of hydrogen-bond donors (Lipinski definition) is 0. The van der Waals surface area contributed by atoms with Crippen molar-refractivity contribution < 1.29 is 0 Å². The highest BCUT2D eigenvalue weighted by Gasteiger charge is 2.15. The molecule has 0 atom stereocenters. The van der Waals surface area contributed by atoms with E-state index in [1.165, 1.54) is 76.8 Å². The van der Waals surface area contributed by atoms with Crippen LogP contribution in [0, 0.1) is 0 Å². The molecular formula is C40H30. The van der Waals surface area contributed by atoms with Crippen LogP contribution >= 0.6 is 0 Å². The molecule has 0 radical (unpaired) electrons. The molecule has 0 aromatic heterocycles. The van der Waals surface area contributed by atoms with Crippen LogP contribution in [0.25, 0.3) is 71.8 Å². The van der Waals surface area contributed by atoms with E-state index in [0.717, 1.165) is 6.42 Å². The molecule has 0 aliphatic carbocycles. The quantitative estimate of drug-likeness (QED) is 0.202. The zero-order valence-corrected chi connectivity index (χ0v) is 22.7. The summed E-state index contributed by atoms with van der Waals surface area (Å²) in [6.45, 7) is 6.20. The van der Waals surface area contributed by atoms with Crippen LogP contribution in [-0.4, -0.2) is 0 Å². The molecule has 0 fully saturated rings. The lowest BCUT2D eigenvalue weighted by atomic mass is 9.87. The van der Waals surface area contributed by atoms with Crippen molar-refractivity contribution in [1.82, 2.24) is 0 Å². The van der Waals surface area contributed by atoms with Crippen LogP contribution in [0.15, 0.2) is 140 Å². The first kappa shape index (κ1) is 24.1. The number of rotatable bonds is 5. The Kier molecular flexibility index (Phi) is 6.02. The minimum Gasteiger partial charge on any atom is -0.0985 e. The summed E-state index contributed by atoms with van der Waals surface area (Å²) >= 11 is 0. The Balaban J connectivity index is 1.50. The lowest BCUT2D eigenvalue weighted by molar-refractivity contribution is 1.13. The molecule has 40 heavy (non-hydrogen) atoms. The average Bonchev–Trinajstić information content (AvgIpc) is 3.04. The number of fused-ring (bicyclic) bond motifs is 5. The maximum Gasteiger partial charge on any atom is -0.00259 e. The predicted octanol–water partition coefficient (Wildman–Crippen LogP) is 11.4. The summed E-state index contributed by atoms with van der Waals surface area (Å²) in [5.41, 5.74) is 10.0. The van der Waals surface area contributed by atoms with Crippen molar-refractivity contribution in [2.45, 2.75) is 13.3 Å². The highest BCUT2D eigenvalue weighted by Crippen LogP contribution is 2.42. The Bertz CT molecular complexity index is 2040. The van der Waals surface area contributed by atoms with Crippen molar-refractivity contribution in [3.63, 3.8) is 0 Å². The molecule has 0 aliphatic heterocycles. The molecule has 0 saturated carbocycles. The third-order valence-electron chi connectivity index (χ3n) is 8.20. The van der Waals surface area contributed by atoms with E-state index in [1.54, 1.807) is 0 Å². The zero-order chi connectivity index (χ0) is 27.1. The van der Waals surface area contributed by atoms with E-state index in [9.17, 15) is 0 Å². The van der Waals surface area contributed by atoms with Crippen LogP contribution in [0.4, 0.5) is 0 Å². The third-order valence-corrected chi connectivity index (χ3v) is 8.20. The lowest BCUT2D eigenvalue weighted by Gasteiger charge is -2.16. The van der Waals surface area contributed by atoms with Gasteiger partial charge in [0.15, 0.2) is 0 Å². The van der Waals surface area contributed by atoms with Gasteiger partial charge in [0.05, 0.1) is 0 Å². The van der Waals surface area contributed by atoms with Crippen molar-refractivity contribution in [3.8, 4) is 33.4 Å². The van der Waals surface area contributed by atoms with Crippen LogP contribution in [0.2, 0.25) is 0 Å². The fourth-order valence-electron chi connectivity index (χ4n) is 6.23. The molecule has 0 nitrogen and oxygen atoms in total. The molecule has 0 bridgehead atoms. The van der Waals surface area contributed by atoms with Crippen molar-refractivity contribution >= 4 is 38.4 Å². The summed E-state index contributed by atoms with van der Waals surface area (Å²) in [4.78, 5) is 0. The van der Waals surface area contributed by atoms with E-state index in [1.807, 2.05) is 6.08 Å². The first-order chi connectivity index (χ1) is 19.7. The summed E-state index contributed by atoms with van der Waals surface area (Å²) in [7, 11) is 0. The maximum atomic E-state index is 3.99. The molecule has 7 aromatic carbocycles. The van der Waals surface area contributed by atoms with E-state index in [0.29, 0.717) is 0 Å². The van der Waals surface area contributed by atoms with Gasteiger partial charge in [0.25, 0.3) is 0 Å². The van der Waals surface area contributed by atoms with Crippen molar-refractivity contribution in [1.29, 1.82) is 0 Å². The van der Waals surface area contributed by atoms with Gasteiger partial charge in [-0.05, 0) is 101 Å².